The Morgan fingerprint density at radius 1 is 1.35 bits per heavy atom. The maximum absolute atomic E-state index is 13.0. The Labute approximate surface area is 118 Å². The molecule has 0 aliphatic carbocycles. The number of benzene rings is 1. The first-order valence-corrected chi connectivity index (χ1v) is 6.08. The lowest BCUT2D eigenvalue weighted by atomic mass is 9.99. The monoisotopic (exact) mass is 307 g/mol. The Balaban J connectivity index is 3.43. The van der Waals surface area contributed by atoms with E-state index in [0.29, 0.717) is 12.5 Å². The van der Waals surface area contributed by atoms with Gasteiger partial charge in [0.25, 0.3) is 5.91 Å². The average molecular weight is 308 g/mol. The zero-order valence-corrected chi connectivity index (χ0v) is 11.3. The molecule has 20 heavy (non-hydrogen) atoms. The molecule has 0 saturated heterocycles. The SMILES string of the molecule is CCCc1cc(Cl)c(C(=O)N=C(N)N)cc1C(F)(F)F. The maximum atomic E-state index is 13.0. The molecular weight excluding hydrogens is 295 g/mol. The van der Waals surface area contributed by atoms with Crippen molar-refractivity contribution in [1.82, 2.24) is 0 Å². The Morgan fingerprint density at radius 2 is 1.95 bits per heavy atom. The van der Waals surface area contributed by atoms with E-state index in [1.54, 1.807) is 6.92 Å². The van der Waals surface area contributed by atoms with Gasteiger partial charge in [0.15, 0.2) is 5.96 Å². The fraction of sp³-hybridized carbons (Fsp3) is 0.333. The number of guanidine groups is 1. The number of hydrogen-bond donors (Lipinski definition) is 2. The van der Waals surface area contributed by atoms with Gasteiger partial charge in [-0.05, 0) is 24.1 Å². The summed E-state index contributed by atoms with van der Waals surface area (Å²) in [5, 5.41) is -0.114. The molecule has 110 valence electrons. The number of halogens is 4. The summed E-state index contributed by atoms with van der Waals surface area (Å²) in [6.07, 6.45) is -3.87. The van der Waals surface area contributed by atoms with Gasteiger partial charge >= 0.3 is 6.18 Å². The minimum Gasteiger partial charge on any atom is -0.370 e. The number of amides is 1. The van der Waals surface area contributed by atoms with E-state index in [2.05, 4.69) is 4.99 Å². The molecule has 0 saturated carbocycles. The molecule has 0 aliphatic heterocycles. The minimum atomic E-state index is -4.58. The van der Waals surface area contributed by atoms with Crippen molar-refractivity contribution in [3.8, 4) is 0 Å². The predicted molar refractivity (Wildman–Crippen MR) is 70.6 cm³/mol. The van der Waals surface area contributed by atoms with Crippen LogP contribution in [0.25, 0.3) is 0 Å². The van der Waals surface area contributed by atoms with Gasteiger partial charge in [0.05, 0.1) is 16.1 Å². The van der Waals surface area contributed by atoms with Gasteiger partial charge in [0, 0.05) is 0 Å². The normalized spacial score (nSPS) is 11.2. The number of rotatable bonds is 3. The van der Waals surface area contributed by atoms with Gasteiger partial charge in [-0.1, -0.05) is 24.9 Å². The summed E-state index contributed by atoms with van der Waals surface area (Å²) in [6, 6.07) is 1.81. The van der Waals surface area contributed by atoms with Gasteiger partial charge in [-0.25, -0.2) is 0 Å². The number of nitrogens with two attached hydrogens (primary N) is 2. The van der Waals surface area contributed by atoms with Crippen molar-refractivity contribution in [2.75, 3.05) is 0 Å². The molecule has 0 unspecified atom stereocenters. The second-order valence-electron chi connectivity index (χ2n) is 4.08. The molecule has 8 heteroatoms. The summed E-state index contributed by atoms with van der Waals surface area (Å²) in [4.78, 5) is 14.8. The fourth-order valence-corrected chi connectivity index (χ4v) is 1.96. The molecule has 1 amide bonds. The van der Waals surface area contributed by atoms with Crippen LogP contribution < -0.4 is 11.5 Å². The molecule has 1 aromatic carbocycles. The highest BCUT2D eigenvalue weighted by molar-refractivity contribution is 6.34. The largest absolute Gasteiger partial charge is 0.416 e. The van der Waals surface area contributed by atoms with Crippen molar-refractivity contribution >= 4 is 23.5 Å². The summed E-state index contributed by atoms with van der Waals surface area (Å²) in [5.74, 6) is -1.55. The quantitative estimate of drug-likeness (QED) is 0.665. The molecule has 0 heterocycles. The molecule has 4 N–H and O–H groups in total. The van der Waals surface area contributed by atoms with Gasteiger partial charge < -0.3 is 11.5 Å². The van der Waals surface area contributed by atoms with Crippen LogP contribution in [0, 0.1) is 0 Å². The number of alkyl halides is 3. The lowest BCUT2D eigenvalue weighted by Crippen LogP contribution is -2.24. The lowest BCUT2D eigenvalue weighted by Gasteiger charge is -2.14. The number of carbonyl (C=O) groups excluding carboxylic acids is 1. The molecule has 1 rings (SSSR count). The molecular formula is C12H13ClF3N3O. The first-order valence-electron chi connectivity index (χ1n) is 5.70. The van der Waals surface area contributed by atoms with Crippen LogP contribution in [-0.2, 0) is 12.6 Å². The summed E-state index contributed by atoms with van der Waals surface area (Å²) < 4.78 is 38.9. The summed E-state index contributed by atoms with van der Waals surface area (Å²) in [5.41, 5.74) is 8.79. The van der Waals surface area contributed by atoms with E-state index in [-0.39, 0.29) is 22.6 Å². The standard InChI is InChI=1S/C12H13ClF3N3O/c1-2-3-6-4-9(13)7(10(20)19-11(17)18)5-8(6)12(14,15)16/h4-5H,2-3H2,1H3,(H4,17,18,19,20). The van der Waals surface area contributed by atoms with Gasteiger partial charge in [-0.3, -0.25) is 4.79 Å². The first-order chi connectivity index (χ1) is 9.16. The van der Waals surface area contributed by atoms with Gasteiger partial charge in [-0.15, -0.1) is 0 Å². The molecule has 1 aromatic rings. The smallest absolute Gasteiger partial charge is 0.370 e. The van der Waals surface area contributed by atoms with Crippen molar-refractivity contribution in [3.63, 3.8) is 0 Å². The Morgan fingerprint density at radius 3 is 2.40 bits per heavy atom. The first kappa shape index (κ1) is 16.3. The van der Waals surface area contributed by atoms with Crippen LogP contribution in [0.15, 0.2) is 17.1 Å². The van der Waals surface area contributed by atoms with Crippen LogP contribution in [0.5, 0.6) is 0 Å². The van der Waals surface area contributed by atoms with Gasteiger partial charge in [0.2, 0.25) is 0 Å². The van der Waals surface area contributed by atoms with E-state index < -0.39 is 23.6 Å². The molecule has 0 atom stereocenters. The van der Waals surface area contributed by atoms with Gasteiger partial charge in [0.1, 0.15) is 0 Å². The summed E-state index contributed by atoms with van der Waals surface area (Å²) >= 11 is 5.83. The second kappa shape index (κ2) is 6.13. The molecule has 0 aliphatic rings. The topological polar surface area (TPSA) is 81.5 Å². The van der Waals surface area contributed by atoms with Crippen molar-refractivity contribution in [1.29, 1.82) is 0 Å². The molecule has 0 radical (unpaired) electrons. The third-order valence-corrected chi connectivity index (χ3v) is 2.79. The minimum absolute atomic E-state index is 0.0336. The highest BCUT2D eigenvalue weighted by Gasteiger charge is 2.34. The summed E-state index contributed by atoms with van der Waals surface area (Å²) in [6.45, 7) is 1.74. The Kier molecular flexibility index (Phi) is 4.99. The third-order valence-electron chi connectivity index (χ3n) is 2.48. The highest BCUT2D eigenvalue weighted by Crippen LogP contribution is 2.35. The predicted octanol–water partition coefficient (Wildman–Crippen LogP) is 2.72. The third kappa shape index (κ3) is 3.86. The van der Waals surface area contributed by atoms with Crippen LogP contribution in [0.3, 0.4) is 0 Å². The average Bonchev–Trinajstić information content (AvgIpc) is 2.26. The van der Waals surface area contributed by atoms with E-state index >= 15 is 0 Å². The van der Waals surface area contributed by atoms with Crippen LogP contribution in [0.4, 0.5) is 13.2 Å². The van der Waals surface area contributed by atoms with E-state index in [1.165, 1.54) is 0 Å². The number of hydrogen-bond acceptors (Lipinski definition) is 1. The van der Waals surface area contributed by atoms with Crippen molar-refractivity contribution < 1.29 is 18.0 Å². The number of carbonyl (C=O) groups is 1. The molecule has 0 spiro atoms. The van der Waals surface area contributed by atoms with Crippen LogP contribution in [-0.4, -0.2) is 11.9 Å². The molecule has 0 bridgehead atoms. The fourth-order valence-electron chi connectivity index (χ4n) is 1.70. The van der Waals surface area contributed by atoms with E-state index in [1.807, 2.05) is 0 Å². The van der Waals surface area contributed by atoms with Crippen molar-refractivity contribution in [2.24, 2.45) is 16.5 Å². The van der Waals surface area contributed by atoms with Crippen LogP contribution in [0.1, 0.15) is 34.8 Å². The Hall–Kier alpha value is -1.76. The van der Waals surface area contributed by atoms with E-state index in [4.69, 9.17) is 23.1 Å². The maximum Gasteiger partial charge on any atom is 0.416 e. The molecule has 4 nitrogen and oxygen atoms in total. The van der Waals surface area contributed by atoms with Crippen molar-refractivity contribution in [3.05, 3.63) is 33.8 Å². The number of nitrogens with zero attached hydrogens (tertiary/aromatic N) is 1. The van der Waals surface area contributed by atoms with Gasteiger partial charge in [-0.2, -0.15) is 18.2 Å². The van der Waals surface area contributed by atoms with Crippen LogP contribution >= 0.6 is 11.6 Å². The number of aliphatic imine (C=N–C) groups is 1. The number of aryl methyl sites for hydroxylation is 1. The lowest BCUT2D eigenvalue weighted by molar-refractivity contribution is -0.138. The zero-order chi connectivity index (χ0) is 15.5. The van der Waals surface area contributed by atoms with Crippen LogP contribution in [0.2, 0.25) is 5.02 Å². The van der Waals surface area contributed by atoms with E-state index in [0.717, 1.165) is 6.07 Å². The van der Waals surface area contributed by atoms with Crippen molar-refractivity contribution in [2.45, 2.75) is 25.9 Å². The summed E-state index contributed by atoms with van der Waals surface area (Å²) in [7, 11) is 0. The molecule has 0 aromatic heterocycles. The Bertz CT molecular complexity index is 552. The molecule has 0 fully saturated rings. The zero-order valence-electron chi connectivity index (χ0n) is 10.6. The highest BCUT2D eigenvalue weighted by atomic mass is 35.5. The van der Waals surface area contributed by atoms with E-state index in [9.17, 15) is 18.0 Å². The second-order valence-corrected chi connectivity index (χ2v) is 4.49.